The fourth-order valence-electron chi connectivity index (χ4n) is 2.21. The molecule has 19 heavy (non-hydrogen) atoms. The second-order valence-corrected chi connectivity index (χ2v) is 4.62. The smallest absolute Gasteiger partial charge is 0.113 e. The van der Waals surface area contributed by atoms with E-state index in [0.717, 1.165) is 18.8 Å². The zero-order valence-electron chi connectivity index (χ0n) is 10.7. The van der Waals surface area contributed by atoms with E-state index in [0.29, 0.717) is 0 Å². The van der Waals surface area contributed by atoms with Gasteiger partial charge in [0.25, 0.3) is 0 Å². The number of aromatic nitrogens is 2. The topological polar surface area (TPSA) is 17.8 Å². The molecule has 94 valence electrons. The zero-order chi connectivity index (χ0) is 12.9. The van der Waals surface area contributed by atoms with Crippen LogP contribution >= 0.6 is 0 Å². The molecule has 0 N–H and O–H groups in total. The highest BCUT2D eigenvalue weighted by Crippen LogP contribution is 2.10. The third-order valence-corrected chi connectivity index (χ3v) is 3.20. The van der Waals surface area contributed by atoms with Crippen molar-refractivity contribution < 1.29 is 0 Å². The molecule has 0 bridgehead atoms. The van der Waals surface area contributed by atoms with E-state index in [-0.39, 0.29) is 0 Å². The van der Waals surface area contributed by atoms with Crippen LogP contribution < -0.4 is 0 Å². The van der Waals surface area contributed by atoms with Crippen LogP contribution in [0, 0.1) is 0 Å². The lowest BCUT2D eigenvalue weighted by molar-refractivity contribution is 0.740. The summed E-state index contributed by atoms with van der Waals surface area (Å²) in [5, 5.41) is 0. The molecular weight excluding hydrogens is 232 g/mol. The predicted molar refractivity (Wildman–Crippen MR) is 77.0 cm³/mol. The van der Waals surface area contributed by atoms with Crippen LogP contribution in [0.4, 0.5) is 0 Å². The fraction of sp³-hybridized carbons (Fsp3) is 0.118. The van der Waals surface area contributed by atoms with Crippen LogP contribution in [0.5, 0.6) is 0 Å². The lowest BCUT2D eigenvalue weighted by Gasteiger charge is -2.08. The van der Waals surface area contributed by atoms with Gasteiger partial charge in [-0.1, -0.05) is 60.7 Å². The van der Waals surface area contributed by atoms with E-state index in [1.165, 1.54) is 11.1 Å². The molecule has 0 amide bonds. The number of nitrogens with zero attached hydrogens (tertiary/aromatic N) is 2. The van der Waals surface area contributed by atoms with E-state index >= 15 is 0 Å². The summed E-state index contributed by atoms with van der Waals surface area (Å²) < 4.78 is 2.21. The van der Waals surface area contributed by atoms with Crippen LogP contribution in [-0.4, -0.2) is 9.55 Å². The van der Waals surface area contributed by atoms with Crippen molar-refractivity contribution in [3.63, 3.8) is 0 Å². The van der Waals surface area contributed by atoms with Gasteiger partial charge in [0.2, 0.25) is 0 Å². The monoisotopic (exact) mass is 248 g/mol. The standard InChI is InChI=1S/C17H16N2/c1-3-7-15(8-4-1)13-17-18-11-12-19(17)14-16-9-5-2-6-10-16/h1-12H,13-14H2. The molecule has 0 aliphatic rings. The lowest BCUT2D eigenvalue weighted by atomic mass is 10.1. The van der Waals surface area contributed by atoms with E-state index in [1.54, 1.807) is 0 Å². The van der Waals surface area contributed by atoms with Crippen molar-refractivity contribution in [2.45, 2.75) is 13.0 Å². The van der Waals surface area contributed by atoms with Gasteiger partial charge in [0.1, 0.15) is 5.82 Å². The minimum atomic E-state index is 0.876. The second kappa shape index (κ2) is 5.53. The van der Waals surface area contributed by atoms with Gasteiger partial charge in [-0.3, -0.25) is 0 Å². The largest absolute Gasteiger partial charge is 0.330 e. The maximum Gasteiger partial charge on any atom is 0.113 e. The van der Waals surface area contributed by atoms with Crippen molar-refractivity contribution in [1.82, 2.24) is 9.55 Å². The highest BCUT2D eigenvalue weighted by Gasteiger charge is 2.04. The molecule has 0 spiro atoms. The molecule has 1 aromatic heterocycles. The molecule has 2 nitrogen and oxygen atoms in total. The maximum absolute atomic E-state index is 4.47. The SMILES string of the molecule is c1ccc(Cc2nccn2Cc2ccccc2)cc1. The van der Waals surface area contributed by atoms with Gasteiger partial charge in [-0.15, -0.1) is 0 Å². The molecule has 0 atom stereocenters. The van der Waals surface area contributed by atoms with Gasteiger partial charge in [0, 0.05) is 25.4 Å². The Hall–Kier alpha value is -2.35. The third kappa shape index (κ3) is 2.91. The second-order valence-electron chi connectivity index (χ2n) is 4.62. The predicted octanol–water partition coefficient (Wildman–Crippen LogP) is 3.52. The molecule has 0 aliphatic carbocycles. The zero-order valence-corrected chi connectivity index (χ0v) is 10.7. The van der Waals surface area contributed by atoms with Gasteiger partial charge in [0.05, 0.1) is 0 Å². The first-order valence-corrected chi connectivity index (χ1v) is 6.50. The Morgan fingerprint density at radius 2 is 1.42 bits per heavy atom. The number of imidazole rings is 1. The fourth-order valence-corrected chi connectivity index (χ4v) is 2.21. The molecule has 0 fully saturated rings. The van der Waals surface area contributed by atoms with Crippen molar-refractivity contribution in [2.75, 3.05) is 0 Å². The summed E-state index contributed by atoms with van der Waals surface area (Å²) in [5.74, 6) is 1.11. The highest BCUT2D eigenvalue weighted by molar-refractivity contribution is 5.20. The molecular formula is C17H16N2. The van der Waals surface area contributed by atoms with Crippen LogP contribution in [0.2, 0.25) is 0 Å². The summed E-state index contributed by atoms with van der Waals surface area (Å²) in [6.07, 6.45) is 4.80. The molecule has 0 saturated carbocycles. The number of hydrogen-bond donors (Lipinski definition) is 0. The summed E-state index contributed by atoms with van der Waals surface area (Å²) in [5.41, 5.74) is 2.60. The van der Waals surface area contributed by atoms with Crippen molar-refractivity contribution in [1.29, 1.82) is 0 Å². The number of benzene rings is 2. The first kappa shape index (κ1) is 11.7. The van der Waals surface area contributed by atoms with Gasteiger partial charge in [-0.25, -0.2) is 4.98 Å². The molecule has 3 rings (SSSR count). The normalized spacial score (nSPS) is 10.5. The van der Waals surface area contributed by atoms with Crippen LogP contribution in [0.3, 0.4) is 0 Å². The molecule has 0 aliphatic heterocycles. The summed E-state index contributed by atoms with van der Waals surface area (Å²) in [7, 11) is 0. The molecule has 2 aromatic carbocycles. The van der Waals surface area contributed by atoms with Gasteiger partial charge in [-0.05, 0) is 11.1 Å². The Balaban J connectivity index is 1.79. The summed E-state index contributed by atoms with van der Waals surface area (Å²) in [6.45, 7) is 0.878. The number of hydrogen-bond acceptors (Lipinski definition) is 1. The van der Waals surface area contributed by atoms with E-state index < -0.39 is 0 Å². The van der Waals surface area contributed by atoms with E-state index in [4.69, 9.17) is 0 Å². The molecule has 2 heteroatoms. The van der Waals surface area contributed by atoms with Crippen LogP contribution in [-0.2, 0) is 13.0 Å². The summed E-state index contributed by atoms with van der Waals surface area (Å²) in [4.78, 5) is 4.47. The molecule has 0 unspecified atom stereocenters. The minimum absolute atomic E-state index is 0.876. The van der Waals surface area contributed by atoms with Gasteiger partial charge in [0.15, 0.2) is 0 Å². The van der Waals surface area contributed by atoms with E-state index in [1.807, 2.05) is 24.5 Å². The first-order chi connectivity index (χ1) is 9.42. The molecule has 1 heterocycles. The molecule has 0 radical (unpaired) electrons. The van der Waals surface area contributed by atoms with E-state index in [2.05, 4.69) is 58.1 Å². The van der Waals surface area contributed by atoms with Gasteiger partial charge in [-0.2, -0.15) is 0 Å². The van der Waals surface area contributed by atoms with Crippen LogP contribution in [0.15, 0.2) is 73.1 Å². The average molecular weight is 248 g/mol. The van der Waals surface area contributed by atoms with Gasteiger partial charge < -0.3 is 4.57 Å². The first-order valence-electron chi connectivity index (χ1n) is 6.50. The Bertz CT molecular complexity index is 571. The third-order valence-electron chi connectivity index (χ3n) is 3.20. The summed E-state index contributed by atoms with van der Waals surface area (Å²) >= 11 is 0. The molecule has 0 saturated heterocycles. The Morgan fingerprint density at radius 3 is 2.11 bits per heavy atom. The summed E-state index contributed by atoms with van der Waals surface area (Å²) in [6, 6.07) is 20.9. The Kier molecular flexibility index (Phi) is 3.41. The van der Waals surface area contributed by atoms with Crippen molar-refractivity contribution in [2.24, 2.45) is 0 Å². The van der Waals surface area contributed by atoms with E-state index in [9.17, 15) is 0 Å². The highest BCUT2D eigenvalue weighted by atomic mass is 15.1. The quantitative estimate of drug-likeness (QED) is 0.690. The number of rotatable bonds is 4. The van der Waals surface area contributed by atoms with Gasteiger partial charge >= 0.3 is 0 Å². The van der Waals surface area contributed by atoms with Crippen LogP contribution in [0.25, 0.3) is 0 Å². The lowest BCUT2D eigenvalue weighted by Crippen LogP contribution is -2.05. The van der Waals surface area contributed by atoms with Crippen molar-refractivity contribution in [3.8, 4) is 0 Å². The maximum atomic E-state index is 4.47. The van der Waals surface area contributed by atoms with Crippen molar-refractivity contribution in [3.05, 3.63) is 90.0 Å². The Morgan fingerprint density at radius 1 is 0.789 bits per heavy atom. The Labute approximate surface area is 113 Å². The van der Waals surface area contributed by atoms with Crippen molar-refractivity contribution >= 4 is 0 Å². The van der Waals surface area contributed by atoms with Crippen LogP contribution in [0.1, 0.15) is 17.0 Å². The minimum Gasteiger partial charge on any atom is -0.330 e. The molecule has 3 aromatic rings. The average Bonchev–Trinajstić information content (AvgIpc) is 2.88.